The Bertz CT molecular complexity index is 627. The van der Waals surface area contributed by atoms with Crippen LogP contribution in [0.4, 0.5) is 5.69 Å². The second-order valence-electron chi connectivity index (χ2n) is 7.03. The van der Waals surface area contributed by atoms with E-state index in [-0.39, 0.29) is 24.0 Å². The number of nitrogens with two attached hydrogens (primary N) is 1. The minimum absolute atomic E-state index is 0.0221. The van der Waals surface area contributed by atoms with Gasteiger partial charge in [-0.05, 0) is 52.7 Å². The summed E-state index contributed by atoms with van der Waals surface area (Å²) in [5, 5.41) is 9.61. The Morgan fingerprint density at radius 3 is 2.65 bits per heavy atom. The molecule has 2 aliphatic rings. The first-order valence-electron chi connectivity index (χ1n) is 8.18. The van der Waals surface area contributed by atoms with E-state index in [1.54, 1.807) is 0 Å². The zero-order valence-corrected chi connectivity index (χ0v) is 15.3. The van der Waals surface area contributed by atoms with Crippen molar-refractivity contribution in [3.63, 3.8) is 0 Å². The summed E-state index contributed by atoms with van der Waals surface area (Å²) in [6, 6.07) is 2.04. The number of aromatic nitrogens is 1. The minimum atomic E-state index is -0.0785. The number of piperidine rings is 1. The summed E-state index contributed by atoms with van der Waals surface area (Å²) < 4.78 is 0.774. The van der Waals surface area contributed by atoms with E-state index in [0.717, 1.165) is 41.8 Å². The number of rotatable bonds is 2. The lowest BCUT2D eigenvalue weighted by molar-refractivity contribution is -0.120. The number of carbonyl (C=O) groups is 1. The van der Waals surface area contributed by atoms with Crippen LogP contribution in [-0.4, -0.2) is 35.0 Å². The van der Waals surface area contributed by atoms with Crippen molar-refractivity contribution in [3.8, 4) is 0 Å². The Morgan fingerprint density at radius 1 is 1.48 bits per heavy atom. The number of ketones is 1. The summed E-state index contributed by atoms with van der Waals surface area (Å²) >= 11 is 3.42. The Labute approximate surface area is 145 Å². The van der Waals surface area contributed by atoms with E-state index in [2.05, 4.69) is 31.9 Å². The highest BCUT2D eigenvalue weighted by Crippen LogP contribution is 2.47. The standard InChI is InChI=1S/C17H24BrN3O2/c1-10-7-13(12(9-22)20-16(10)18)21-5-3-17(4-6-21)8-14(23)11(2)15(17)19/h7,11,15,22H,3-6,8-9,19H2,1-2H3/t11-,15+/m1/s1. The summed E-state index contributed by atoms with van der Waals surface area (Å²) in [6.45, 7) is 5.58. The monoisotopic (exact) mass is 381 g/mol. The number of aryl methyl sites for hydroxylation is 1. The molecule has 23 heavy (non-hydrogen) atoms. The fraction of sp³-hybridized carbons (Fsp3) is 0.647. The average molecular weight is 382 g/mol. The molecular formula is C17H24BrN3O2. The summed E-state index contributed by atoms with van der Waals surface area (Å²) in [4.78, 5) is 18.8. The smallest absolute Gasteiger partial charge is 0.137 e. The molecule has 5 nitrogen and oxygen atoms in total. The van der Waals surface area contributed by atoms with Gasteiger partial charge in [-0.2, -0.15) is 0 Å². The van der Waals surface area contributed by atoms with Gasteiger partial charge in [0, 0.05) is 31.5 Å². The van der Waals surface area contributed by atoms with Gasteiger partial charge in [-0.15, -0.1) is 0 Å². The van der Waals surface area contributed by atoms with Gasteiger partial charge in [0.15, 0.2) is 0 Å². The lowest BCUT2D eigenvalue weighted by Crippen LogP contribution is -2.48. The molecule has 1 saturated carbocycles. The van der Waals surface area contributed by atoms with Crippen molar-refractivity contribution < 1.29 is 9.90 Å². The van der Waals surface area contributed by atoms with E-state index in [0.29, 0.717) is 17.9 Å². The van der Waals surface area contributed by atoms with Crippen molar-refractivity contribution in [3.05, 3.63) is 21.9 Å². The molecule has 2 atom stereocenters. The molecule has 1 aliphatic carbocycles. The number of Topliss-reactive ketones (excluding diaryl/α,β-unsaturated/α-hetero) is 1. The number of aliphatic hydroxyl groups excluding tert-OH is 1. The second kappa shape index (κ2) is 6.15. The van der Waals surface area contributed by atoms with Crippen LogP contribution in [0.25, 0.3) is 0 Å². The van der Waals surface area contributed by atoms with Gasteiger partial charge in [0.1, 0.15) is 10.4 Å². The molecule has 1 aliphatic heterocycles. The third kappa shape index (κ3) is 2.81. The van der Waals surface area contributed by atoms with Gasteiger partial charge in [0.25, 0.3) is 0 Å². The van der Waals surface area contributed by atoms with E-state index >= 15 is 0 Å². The first kappa shape index (κ1) is 16.9. The van der Waals surface area contributed by atoms with Crippen LogP contribution in [0.3, 0.4) is 0 Å². The molecule has 1 spiro atoms. The van der Waals surface area contributed by atoms with E-state index < -0.39 is 0 Å². The SMILES string of the molecule is Cc1cc(N2CCC3(CC2)CC(=O)[C@@H](C)[C@@H]3N)c(CO)nc1Br. The Balaban J connectivity index is 1.80. The number of hydrogen-bond donors (Lipinski definition) is 2. The molecule has 6 heteroatoms. The summed E-state index contributed by atoms with van der Waals surface area (Å²) in [5.74, 6) is 0.286. The fourth-order valence-corrected chi connectivity index (χ4v) is 4.39. The van der Waals surface area contributed by atoms with E-state index in [4.69, 9.17) is 5.73 Å². The van der Waals surface area contributed by atoms with Crippen molar-refractivity contribution >= 4 is 27.4 Å². The fourth-order valence-electron chi connectivity index (χ4n) is 4.06. The molecule has 0 aromatic carbocycles. The van der Waals surface area contributed by atoms with E-state index in [1.807, 2.05) is 13.8 Å². The minimum Gasteiger partial charge on any atom is -0.390 e. The highest BCUT2D eigenvalue weighted by molar-refractivity contribution is 9.10. The lowest BCUT2D eigenvalue weighted by atomic mass is 9.73. The first-order chi connectivity index (χ1) is 10.9. The number of halogens is 1. The predicted molar refractivity (Wildman–Crippen MR) is 93.2 cm³/mol. The van der Waals surface area contributed by atoms with Gasteiger partial charge in [-0.25, -0.2) is 4.98 Å². The molecule has 0 bridgehead atoms. The van der Waals surface area contributed by atoms with Gasteiger partial charge < -0.3 is 15.7 Å². The number of anilines is 1. The van der Waals surface area contributed by atoms with E-state index in [1.165, 1.54) is 0 Å². The Hall–Kier alpha value is -0.980. The van der Waals surface area contributed by atoms with Crippen molar-refractivity contribution in [2.24, 2.45) is 17.1 Å². The van der Waals surface area contributed by atoms with Crippen LogP contribution in [0.15, 0.2) is 10.7 Å². The van der Waals surface area contributed by atoms with Crippen molar-refractivity contribution in [1.82, 2.24) is 4.98 Å². The largest absolute Gasteiger partial charge is 0.390 e. The van der Waals surface area contributed by atoms with Gasteiger partial charge in [-0.1, -0.05) is 6.92 Å². The highest BCUT2D eigenvalue weighted by atomic mass is 79.9. The maximum absolute atomic E-state index is 12.1. The van der Waals surface area contributed by atoms with Gasteiger partial charge in [0.2, 0.25) is 0 Å². The molecule has 1 saturated heterocycles. The Morgan fingerprint density at radius 2 is 2.13 bits per heavy atom. The summed E-state index contributed by atoms with van der Waals surface area (Å²) in [6.07, 6.45) is 2.46. The average Bonchev–Trinajstić information content (AvgIpc) is 2.75. The normalized spacial score (nSPS) is 27.0. The summed E-state index contributed by atoms with van der Waals surface area (Å²) in [5.41, 5.74) is 9.07. The van der Waals surface area contributed by atoms with Crippen molar-refractivity contribution in [2.75, 3.05) is 18.0 Å². The second-order valence-corrected chi connectivity index (χ2v) is 7.78. The van der Waals surface area contributed by atoms with Gasteiger partial charge in [0.05, 0.1) is 18.0 Å². The van der Waals surface area contributed by atoms with Crippen LogP contribution >= 0.6 is 15.9 Å². The summed E-state index contributed by atoms with van der Waals surface area (Å²) in [7, 11) is 0. The maximum atomic E-state index is 12.1. The predicted octanol–water partition coefficient (Wildman–Crippen LogP) is 2.17. The third-order valence-corrected chi connectivity index (χ3v) is 6.54. The molecule has 0 unspecified atom stereocenters. The van der Waals surface area contributed by atoms with Crippen LogP contribution in [-0.2, 0) is 11.4 Å². The van der Waals surface area contributed by atoms with Crippen LogP contribution < -0.4 is 10.6 Å². The molecule has 1 aromatic heterocycles. The quantitative estimate of drug-likeness (QED) is 0.767. The van der Waals surface area contributed by atoms with Gasteiger partial charge >= 0.3 is 0 Å². The molecule has 2 heterocycles. The topological polar surface area (TPSA) is 79.5 Å². The number of pyridine rings is 1. The van der Waals surface area contributed by atoms with Crippen molar-refractivity contribution in [1.29, 1.82) is 0 Å². The molecule has 2 fully saturated rings. The molecule has 3 N–H and O–H groups in total. The maximum Gasteiger partial charge on any atom is 0.137 e. The zero-order chi connectivity index (χ0) is 16.8. The highest BCUT2D eigenvalue weighted by Gasteiger charge is 2.50. The number of carbonyl (C=O) groups excluding carboxylic acids is 1. The van der Waals surface area contributed by atoms with Crippen LogP contribution in [0.1, 0.15) is 37.4 Å². The van der Waals surface area contributed by atoms with Gasteiger partial charge in [-0.3, -0.25) is 4.79 Å². The van der Waals surface area contributed by atoms with Crippen LogP contribution in [0.5, 0.6) is 0 Å². The molecule has 0 amide bonds. The molecular weight excluding hydrogens is 358 g/mol. The number of nitrogens with zero attached hydrogens (tertiary/aromatic N) is 2. The molecule has 3 rings (SSSR count). The molecule has 126 valence electrons. The first-order valence-corrected chi connectivity index (χ1v) is 8.97. The van der Waals surface area contributed by atoms with Crippen LogP contribution in [0.2, 0.25) is 0 Å². The lowest BCUT2D eigenvalue weighted by Gasteiger charge is -2.43. The number of aliphatic hydroxyl groups is 1. The van der Waals surface area contributed by atoms with Crippen molar-refractivity contribution in [2.45, 2.75) is 45.8 Å². The number of hydrogen-bond acceptors (Lipinski definition) is 5. The third-order valence-electron chi connectivity index (χ3n) is 5.74. The van der Waals surface area contributed by atoms with Crippen LogP contribution in [0, 0.1) is 18.3 Å². The van der Waals surface area contributed by atoms with E-state index in [9.17, 15) is 9.90 Å². The molecule has 1 aromatic rings. The Kier molecular flexibility index (Phi) is 4.51. The molecule has 0 radical (unpaired) electrons. The zero-order valence-electron chi connectivity index (χ0n) is 13.7.